The van der Waals surface area contributed by atoms with Crippen molar-refractivity contribution in [3.63, 3.8) is 0 Å². The van der Waals surface area contributed by atoms with Crippen LogP contribution in [0.5, 0.6) is 0 Å². The molecule has 8 heteroatoms. The predicted molar refractivity (Wildman–Crippen MR) is 54.6 cm³/mol. The molecule has 0 spiro atoms. The lowest BCUT2D eigenvalue weighted by Gasteiger charge is -2.20. The highest BCUT2D eigenvalue weighted by molar-refractivity contribution is 8.00. The molecule has 4 nitrogen and oxygen atoms in total. The number of ether oxygens (including phenoxy) is 1. The zero-order valence-electron chi connectivity index (χ0n) is 8.65. The fourth-order valence-corrected chi connectivity index (χ4v) is 2.73. The number of nitrogens with zero attached hydrogens (tertiary/aromatic N) is 2. The monoisotopic (exact) mass is 258 g/mol. The van der Waals surface area contributed by atoms with Gasteiger partial charge in [-0.25, -0.2) is 4.98 Å². The molecule has 94 valence electrons. The number of hydrogen-bond acceptors (Lipinski definition) is 3. The van der Waals surface area contributed by atoms with Gasteiger partial charge in [-0.1, -0.05) is 0 Å². The second-order valence-corrected chi connectivity index (χ2v) is 6.38. The molecule has 0 N–H and O–H groups in total. The lowest BCUT2D eigenvalue weighted by Crippen LogP contribution is -2.24. The fraction of sp³-hybridized carbons (Fsp3) is 0.625. The predicted octanol–water partition coefficient (Wildman–Crippen LogP) is 1.22. The molecule has 0 bridgehead atoms. The number of thiol groups is 1. The van der Waals surface area contributed by atoms with E-state index in [-0.39, 0.29) is 12.2 Å². The Morgan fingerprint density at radius 3 is 2.69 bits per heavy atom. The molecule has 0 aliphatic carbocycles. The summed E-state index contributed by atoms with van der Waals surface area (Å²) in [6.07, 6.45) is 1.37. The molecule has 0 aromatic carbocycles. The minimum absolute atomic E-state index is 0.0888. The van der Waals surface area contributed by atoms with Crippen molar-refractivity contribution in [3.8, 4) is 0 Å². The number of rotatable bonds is 5. The smallest absolute Gasteiger partial charge is 0.292 e. The fourth-order valence-electron chi connectivity index (χ4n) is 1.16. The molecular formula is C8H13F3N2O2S. The Morgan fingerprint density at radius 1 is 1.50 bits per heavy atom. The molecule has 0 fully saturated rings. The summed E-state index contributed by atoms with van der Waals surface area (Å²) >= 11 is 0. The molecule has 1 aromatic rings. The number of imidazole rings is 1. The van der Waals surface area contributed by atoms with Crippen LogP contribution in [0.15, 0.2) is 18.7 Å². The van der Waals surface area contributed by atoms with Gasteiger partial charge in [0.25, 0.3) is 0 Å². The van der Waals surface area contributed by atoms with Crippen molar-refractivity contribution in [3.05, 3.63) is 18.7 Å². The summed E-state index contributed by atoms with van der Waals surface area (Å²) in [6.45, 7) is -0.476. The normalized spacial score (nSPS) is 14.0. The Bertz CT molecular complexity index is 364. The summed E-state index contributed by atoms with van der Waals surface area (Å²) < 4.78 is 51.9. The zero-order chi connectivity index (χ0) is 12.2. The van der Waals surface area contributed by atoms with Gasteiger partial charge in [-0.15, -0.1) is 13.2 Å². The summed E-state index contributed by atoms with van der Waals surface area (Å²) in [5.41, 5.74) is 0. The first-order valence-corrected chi connectivity index (χ1v) is 6.86. The van der Waals surface area contributed by atoms with Crippen LogP contribution >= 0.6 is 0 Å². The average molecular weight is 258 g/mol. The topological polar surface area (TPSA) is 44.1 Å². The van der Waals surface area contributed by atoms with E-state index in [4.69, 9.17) is 0 Å². The summed E-state index contributed by atoms with van der Waals surface area (Å²) in [4.78, 5) is 3.74. The summed E-state index contributed by atoms with van der Waals surface area (Å²) in [7, 11) is -2.67. The Hall–Kier alpha value is -0.890. The molecule has 0 saturated carbocycles. The largest absolute Gasteiger partial charge is 0.522 e. The second kappa shape index (κ2) is 4.96. The van der Waals surface area contributed by atoms with Crippen molar-refractivity contribution in [1.29, 1.82) is 0 Å². The van der Waals surface area contributed by atoms with Crippen molar-refractivity contribution >= 4 is 10.1 Å². The van der Waals surface area contributed by atoms with Crippen LogP contribution < -0.4 is 0 Å². The number of aromatic nitrogens is 2. The van der Waals surface area contributed by atoms with Gasteiger partial charge in [-0.3, -0.25) is 12.9 Å². The molecule has 0 aliphatic rings. The van der Waals surface area contributed by atoms with Crippen LogP contribution in [-0.4, -0.2) is 38.1 Å². The first-order chi connectivity index (χ1) is 7.31. The van der Waals surface area contributed by atoms with Gasteiger partial charge in [-0.2, -0.15) is 0 Å². The Balaban J connectivity index is 2.36. The third-order valence-electron chi connectivity index (χ3n) is 1.96. The lowest BCUT2D eigenvalue weighted by atomic mass is 10.5. The van der Waals surface area contributed by atoms with E-state index in [0.29, 0.717) is 0 Å². The third-order valence-corrected chi connectivity index (χ3v) is 4.32. The van der Waals surface area contributed by atoms with Crippen LogP contribution in [0.4, 0.5) is 13.2 Å². The number of hydrogen-bond donors (Lipinski definition) is 1. The first kappa shape index (κ1) is 13.2. The quantitative estimate of drug-likeness (QED) is 0.638. The Labute approximate surface area is 92.0 Å². The summed E-state index contributed by atoms with van der Waals surface area (Å²) in [6, 6.07) is 0. The van der Waals surface area contributed by atoms with Crippen molar-refractivity contribution in [1.82, 2.24) is 8.96 Å². The van der Waals surface area contributed by atoms with E-state index in [9.17, 15) is 17.4 Å². The molecule has 1 aromatic heterocycles. The van der Waals surface area contributed by atoms with Gasteiger partial charge >= 0.3 is 6.36 Å². The maximum Gasteiger partial charge on any atom is 0.522 e. The highest BCUT2D eigenvalue weighted by Crippen LogP contribution is 2.16. The first-order valence-electron chi connectivity index (χ1n) is 4.57. The number of halogens is 3. The third kappa shape index (κ3) is 4.31. The van der Waals surface area contributed by atoms with Gasteiger partial charge in [0.2, 0.25) is 0 Å². The van der Waals surface area contributed by atoms with E-state index >= 15 is 0 Å². The SMILES string of the molecule is C[SH](=O)(CCCOC(F)(F)F)n1ccnc1. The van der Waals surface area contributed by atoms with Gasteiger partial charge < -0.3 is 0 Å². The van der Waals surface area contributed by atoms with E-state index in [1.54, 1.807) is 0 Å². The number of alkyl halides is 3. The van der Waals surface area contributed by atoms with Crippen LogP contribution in [0.25, 0.3) is 0 Å². The van der Waals surface area contributed by atoms with E-state index < -0.39 is 23.1 Å². The molecule has 0 aliphatic heterocycles. The van der Waals surface area contributed by atoms with Crippen molar-refractivity contribution in [2.75, 3.05) is 18.6 Å². The van der Waals surface area contributed by atoms with Gasteiger partial charge in [0, 0.05) is 24.4 Å². The highest BCUT2D eigenvalue weighted by Gasteiger charge is 2.28. The van der Waals surface area contributed by atoms with Crippen molar-refractivity contribution in [2.45, 2.75) is 12.8 Å². The lowest BCUT2D eigenvalue weighted by molar-refractivity contribution is -0.324. The standard InChI is InChI=1S/C8H13F3N2O2S/c1-16(14,13-4-3-12-7-13)6-2-5-15-8(9,10)11/h3-4,7,16H,2,5-6H2,1H3. The molecule has 0 saturated heterocycles. The Morgan fingerprint density at radius 2 is 2.19 bits per heavy atom. The van der Waals surface area contributed by atoms with Crippen LogP contribution in [0, 0.1) is 0 Å². The van der Waals surface area contributed by atoms with Gasteiger partial charge in [-0.05, 0) is 16.5 Å². The average Bonchev–Trinajstić information content (AvgIpc) is 2.64. The van der Waals surface area contributed by atoms with Gasteiger partial charge in [0.1, 0.15) is 6.33 Å². The van der Waals surface area contributed by atoms with Crippen LogP contribution in [-0.2, 0) is 14.9 Å². The molecule has 0 atom stereocenters. The highest BCUT2D eigenvalue weighted by atomic mass is 32.3. The van der Waals surface area contributed by atoms with Crippen molar-refractivity contribution < 1.29 is 22.1 Å². The summed E-state index contributed by atoms with van der Waals surface area (Å²) in [5, 5.41) is 0. The molecule has 0 unspecified atom stereocenters. The van der Waals surface area contributed by atoms with Crippen LogP contribution in [0.2, 0.25) is 0 Å². The maximum absolute atomic E-state index is 12.0. The van der Waals surface area contributed by atoms with E-state index in [1.165, 1.54) is 28.9 Å². The molecule has 1 heterocycles. The molecule has 0 radical (unpaired) electrons. The Kier molecular flexibility index (Phi) is 4.09. The van der Waals surface area contributed by atoms with Gasteiger partial charge in [0.15, 0.2) is 0 Å². The summed E-state index contributed by atoms with van der Waals surface area (Å²) in [5.74, 6) is 0.152. The molecular weight excluding hydrogens is 245 g/mol. The van der Waals surface area contributed by atoms with Crippen molar-refractivity contribution in [2.24, 2.45) is 0 Å². The molecule has 16 heavy (non-hydrogen) atoms. The minimum Gasteiger partial charge on any atom is -0.292 e. The molecule has 0 amide bonds. The maximum atomic E-state index is 12.0. The van der Waals surface area contributed by atoms with Crippen LogP contribution in [0.3, 0.4) is 0 Å². The van der Waals surface area contributed by atoms with E-state index in [0.717, 1.165) is 0 Å². The van der Waals surface area contributed by atoms with E-state index in [1.807, 2.05) is 0 Å². The van der Waals surface area contributed by atoms with Gasteiger partial charge in [0.05, 0.1) is 6.61 Å². The zero-order valence-corrected chi connectivity index (χ0v) is 9.54. The second-order valence-electron chi connectivity index (χ2n) is 3.37. The minimum atomic E-state index is -4.62. The van der Waals surface area contributed by atoms with E-state index in [2.05, 4.69) is 9.72 Å². The molecule has 1 rings (SSSR count). The van der Waals surface area contributed by atoms with Crippen LogP contribution in [0.1, 0.15) is 6.42 Å².